The van der Waals surface area contributed by atoms with E-state index in [2.05, 4.69) is 29.5 Å². The van der Waals surface area contributed by atoms with Crippen molar-refractivity contribution in [2.45, 2.75) is 32.5 Å². The van der Waals surface area contributed by atoms with E-state index in [0.717, 1.165) is 11.5 Å². The van der Waals surface area contributed by atoms with Gasteiger partial charge in [-0.1, -0.05) is 25.4 Å². The summed E-state index contributed by atoms with van der Waals surface area (Å²) >= 11 is 6.14. The van der Waals surface area contributed by atoms with Crippen LogP contribution in [0.3, 0.4) is 0 Å². The second-order valence-corrected chi connectivity index (χ2v) is 5.26. The molecule has 1 aromatic heterocycles. The van der Waals surface area contributed by atoms with E-state index in [-0.39, 0.29) is 6.10 Å². The summed E-state index contributed by atoms with van der Waals surface area (Å²) in [6, 6.07) is 4.11. The van der Waals surface area contributed by atoms with Gasteiger partial charge in [0.25, 0.3) is 0 Å². The lowest BCUT2D eigenvalue weighted by Gasteiger charge is -2.16. The van der Waals surface area contributed by atoms with Crippen LogP contribution in [-0.2, 0) is 16.0 Å². The molecule has 0 amide bonds. The van der Waals surface area contributed by atoms with Crippen molar-refractivity contribution in [3.8, 4) is 0 Å². The summed E-state index contributed by atoms with van der Waals surface area (Å²) in [6.45, 7) is 6.00. The van der Waals surface area contributed by atoms with Crippen molar-refractivity contribution in [1.29, 1.82) is 0 Å². The molecule has 20 heavy (non-hydrogen) atoms. The lowest BCUT2D eigenvalue weighted by Crippen LogP contribution is -2.27. The molecule has 2 N–H and O–H groups in total. The molecule has 0 bridgehead atoms. The standard InChI is InChI=1S/C14H24ClN3O2/c1-10(2)16-8-13-12(15)5-6-14(18-13)17-7-11(20-4)9-19-3/h5-6,10-11,16H,7-9H2,1-4H3,(H,17,18). The van der Waals surface area contributed by atoms with Gasteiger partial charge in [-0.15, -0.1) is 0 Å². The molecule has 0 saturated heterocycles. The van der Waals surface area contributed by atoms with Crippen LogP contribution in [0.15, 0.2) is 12.1 Å². The van der Waals surface area contributed by atoms with Crippen LogP contribution < -0.4 is 10.6 Å². The summed E-state index contributed by atoms with van der Waals surface area (Å²) in [7, 11) is 3.32. The number of ether oxygens (including phenoxy) is 2. The molecule has 1 heterocycles. The third-order valence-corrected chi connectivity index (χ3v) is 3.14. The van der Waals surface area contributed by atoms with Gasteiger partial charge in [0.05, 0.1) is 23.4 Å². The van der Waals surface area contributed by atoms with Gasteiger partial charge >= 0.3 is 0 Å². The van der Waals surface area contributed by atoms with E-state index in [1.54, 1.807) is 14.2 Å². The average Bonchev–Trinajstić information content (AvgIpc) is 2.43. The summed E-state index contributed by atoms with van der Waals surface area (Å²) in [5.74, 6) is 0.785. The maximum Gasteiger partial charge on any atom is 0.126 e. The Balaban J connectivity index is 2.60. The molecule has 1 atom stereocenters. The SMILES string of the molecule is COCC(CNc1ccc(Cl)c(CNC(C)C)n1)OC. The third-order valence-electron chi connectivity index (χ3n) is 2.79. The van der Waals surface area contributed by atoms with Crippen molar-refractivity contribution in [3.05, 3.63) is 22.8 Å². The molecule has 114 valence electrons. The molecule has 6 heteroatoms. The van der Waals surface area contributed by atoms with Gasteiger partial charge in [-0.3, -0.25) is 0 Å². The number of hydrogen-bond acceptors (Lipinski definition) is 5. The minimum Gasteiger partial charge on any atom is -0.382 e. The first-order valence-electron chi connectivity index (χ1n) is 6.71. The van der Waals surface area contributed by atoms with Crippen molar-refractivity contribution < 1.29 is 9.47 Å². The molecule has 0 aromatic carbocycles. The van der Waals surface area contributed by atoms with E-state index >= 15 is 0 Å². The zero-order valence-corrected chi connectivity index (χ0v) is 13.3. The van der Waals surface area contributed by atoms with Gasteiger partial charge < -0.3 is 20.1 Å². The fourth-order valence-electron chi connectivity index (χ4n) is 1.62. The number of nitrogens with one attached hydrogen (secondary N) is 2. The van der Waals surface area contributed by atoms with Crippen LogP contribution in [0.5, 0.6) is 0 Å². The van der Waals surface area contributed by atoms with Crippen molar-refractivity contribution in [2.75, 3.05) is 32.7 Å². The summed E-state index contributed by atoms with van der Waals surface area (Å²) in [4.78, 5) is 4.51. The number of aromatic nitrogens is 1. The van der Waals surface area contributed by atoms with E-state index < -0.39 is 0 Å². The van der Waals surface area contributed by atoms with Gasteiger partial charge in [0.15, 0.2) is 0 Å². The molecule has 0 radical (unpaired) electrons. The monoisotopic (exact) mass is 301 g/mol. The molecule has 0 aliphatic heterocycles. The van der Waals surface area contributed by atoms with E-state index in [0.29, 0.717) is 30.8 Å². The third kappa shape index (κ3) is 6.05. The normalized spacial score (nSPS) is 12.7. The molecule has 0 spiro atoms. The van der Waals surface area contributed by atoms with Gasteiger partial charge in [0.1, 0.15) is 5.82 Å². The summed E-state index contributed by atoms with van der Waals surface area (Å²) in [6.07, 6.45) is -0.00489. The van der Waals surface area contributed by atoms with Crippen molar-refractivity contribution in [1.82, 2.24) is 10.3 Å². The molecule has 5 nitrogen and oxygen atoms in total. The Morgan fingerprint density at radius 1 is 1.30 bits per heavy atom. The number of methoxy groups -OCH3 is 2. The Hall–Kier alpha value is -0.880. The lowest BCUT2D eigenvalue weighted by molar-refractivity contribution is 0.0365. The molecule has 0 aliphatic carbocycles. The van der Waals surface area contributed by atoms with E-state index in [1.165, 1.54) is 0 Å². The first-order valence-corrected chi connectivity index (χ1v) is 7.09. The second-order valence-electron chi connectivity index (χ2n) is 4.85. The predicted octanol–water partition coefficient (Wildman–Crippen LogP) is 2.31. The molecule has 0 aliphatic rings. The van der Waals surface area contributed by atoms with Gasteiger partial charge in [0, 0.05) is 33.4 Å². The number of pyridine rings is 1. The largest absolute Gasteiger partial charge is 0.382 e. The Morgan fingerprint density at radius 3 is 2.65 bits per heavy atom. The first-order chi connectivity index (χ1) is 9.56. The molecule has 0 fully saturated rings. The van der Waals surface area contributed by atoms with Crippen LogP contribution in [0.2, 0.25) is 5.02 Å². The second kappa shape index (κ2) is 9.13. The molecular formula is C14H24ClN3O2. The van der Waals surface area contributed by atoms with Crippen molar-refractivity contribution >= 4 is 17.4 Å². The highest BCUT2D eigenvalue weighted by molar-refractivity contribution is 6.31. The van der Waals surface area contributed by atoms with E-state index in [9.17, 15) is 0 Å². The Bertz CT molecular complexity index is 402. The van der Waals surface area contributed by atoms with Crippen molar-refractivity contribution in [3.63, 3.8) is 0 Å². The fraction of sp³-hybridized carbons (Fsp3) is 0.643. The van der Waals surface area contributed by atoms with Crippen LogP contribution in [0, 0.1) is 0 Å². The maximum absolute atomic E-state index is 6.14. The zero-order valence-electron chi connectivity index (χ0n) is 12.6. The van der Waals surface area contributed by atoms with Gasteiger partial charge in [0.2, 0.25) is 0 Å². The van der Waals surface area contributed by atoms with Crippen LogP contribution in [0.4, 0.5) is 5.82 Å². The van der Waals surface area contributed by atoms with Crippen LogP contribution >= 0.6 is 11.6 Å². The van der Waals surface area contributed by atoms with E-state index in [1.807, 2.05) is 12.1 Å². The number of halogens is 1. The number of nitrogens with zero attached hydrogens (tertiary/aromatic N) is 1. The Kier molecular flexibility index (Phi) is 7.84. The van der Waals surface area contributed by atoms with Crippen LogP contribution in [0.1, 0.15) is 19.5 Å². The van der Waals surface area contributed by atoms with E-state index in [4.69, 9.17) is 21.1 Å². The first kappa shape index (κ1) is 17.2. The minimum absolute atomic E-state index is 0.00489. The van der Waals surface area contributed by atoms with Gasteiger partial charge in [-0.25, -0.2) is 4.98 Å². The van der Waals surface area contributed by atoms with Gasteiger partial charge in [-0.05, 0) is 12.1 Å². The number of hydrogen-bond donors (Lipinski definition) is 2. The summed E-state index contributed by atoms with van der Waals surface area (Å²) in [5, 5.41) is 7.21. The minimum atomic E-state index is -0.00489. The van der Waals surface area contributed by atoms with Crippen LogP contribution in [-0.4, -0.2) is 44.5 Å². The highest BCUT2D eigenvalue weighted by Crippen LogP contribution is 2.16. The highest BCUT2D eigenvalue weighted by Gasteiger charge is 2.08. The highest BCUT2D eigenvalue weighted by atomic mass is 35.5. The lowest BCUT2D eigenvalue weighted by atomic mass is 10.3. The summed E-state index contributed by atoms with van der Waals surface area (Å²) < 4.78 is 10.4. The average molecular weight is 302 g/mol. The Morgan fingerprint density at radius 2 is 2.05 bits per heavy atom. The predicted molar refractivity (Wildman–Crippen MR) is 82.4 cm³/mol. The number of anilines is 1. The Labute approximate surface area is 126 Å². The molecule has 1 unspecified atom stereocenters. The maximum atomic E-state index is 6.14. The molecule has 0 saturated carbocycles. The zero-order chi connectivity index (χ0) is 15.0. The quantitative estimate of drug-likeness (QED) is 0.733. The number of rotatable bonds is 9. The van der Waals surface area contributed by atoms with Gasteiger partial charge in [-0.2, -0.15) is 0 Å². The summed E-state index contributed by atoms with van der Waals surface area (Å²) in [5.41, 5.74) is 0.839. The molecular weight excluding hydrogens is 278 g/mol. The molecule has 1 rings (SSSR count). The molecule has 1 aromatic rings. The smallest absolute Gasteiger partial charge is 0.126 e. The van der Waals surface area contributed by atoms with Crippen LogP contribution in [0.25, 0.3) is 0 Å². The fourth-order valence-corrected chi connectivity index (χ4v) is 1.79. The topological polar surface area (TPSA) is 55.4 Å². The van der Waals surface area contributed by atoms with Crippen molar-refractivity contribution in [2.24, 2.45) is 0 Å².